The lowest BCUT2D eigenvalue weighted by atomic mass is 10.1. The summed E-state index contributed by atoms with van der Waals surface area (Å²) >= 11 is 18.2. The first-order valence-corrected chi connectivity index (χ1v) is 12.6. The number of hydrogen-bond donors (Lipinski definition) is 0. The Morgan fingerprint density at radius 2 is 1.48 bits per heavy atom. The normalized spacial score (nSPS) is 11.6. The van der Waals surface area contributed by atoms with Gasteiger partial charge in [0.15, 0.2) is 0 Å². The van der Waals surface area contributed by atoms with Crippen molar-refractivity contribution in [2.45, 2.75) is 25.3 Å². The van der Waals surface area contributed by atoms with Crippen LogP contribution in [-0.2, 0) is 21.4 Å². The van der Waals surface area contributed by atoms with Gasteiger partial charge in [-0.05, 0) is 79.1 Å². The van der Waals surface area contributed by atoms with Crippen LogP contribution in [0.2, 0.25) is 15.1 Å². The SMILES string of the molecule is Cc1ccc(N(C)C(=O)CN(Cc2ccc(Cl)cc2Cl)S(=O)(=O)c2ccc(Cl)cc2)cc1C. The minimum absolute atomic E-state index is 0.0265. The maximum atomic E-state index is 13.5. The number of aryl methyl sites for hydroxylation is 2. The van der Waals surface area contributed by atoms with Crippen LogP contribution in [0.4, 0.5) is 5.69 Å². The molecule has 0 bridgehead atoms. The summed E-state index contributed by atoms with van der Waals surface area (Å²) in [6, 6.07) is 16.2. The van der Waals surface area contributed by atoms with Crippen LogP contribution in [0.15, 0.2) is 65.6 Å². The van der Waals surface area contributed by atoms with Crippen LogP contribution < -0.4 is 4.90 Å². The highest BCUT2D eigenvalue weighted by Crippen LogP contribution is 2.26. The number of halogens is 3. The Balaban J connectivity index is 1.95. The minimum Gasteiger partial charge on any atom is -0.314 e. The molecule has 3 aromatic carbocycles. The minimum atomic E-state index is -4.03. The lowest BCUT2D eigenvalue weighted by Gasteiger charge is -2.26. The van der Waals surface area contributed by atoms with Gasteiger partial charge in [0.05, 0.1) is 11.4 Å². The maximum absolute atomic E-state index is 13.5. The number of rotatable bonds is 7. The van der Waals surface area contributed by atoms with Gasteiger partial charge < -0.3 is 4.90 Å². The van der Waals surface area contributed by atoms with E-state index in [-0.39, 0.29) is 23.9 Å². The Kier molecular flexibility index (Phi) is 8.08. The fraction of sp³-hybridized carbons (Fsp3) is 0.208. The second-order valence-corrected chi connectivity index (χ2v) is 10.9. The molecule has 0 aromatic heterocycles. The number of carbonyl (C=O) groups is 1. The Hall–Kier alpha value is -2.09. The largest absolute Gasteiger partial charge is 0.314 e. The molecule has 0 fully saturated rings. The second kappa shape index (κ2) is 10.5. The van der Waals surface area contributed by atoms with E-state index in [1.807, 2.05) is 32.0 Å². The molecule has 33 heavy (non-hydrogen) atoms. The molecule has 0 N–H and O–H groups in total. The average Bonchev–Trinajstić information content (AvgIpc) is 2.76. The summed E-state index contributed by atoms with van der Waals surface area (Å²) in [7, 11) is -2.41. The van der Waals surface area contributed by atoms with Crippen molar-refractivity contribution in [1.29, 1.82) is 0 Å². The zero-order valence-corrected chi connectivity index (χ0v) is 21.4. The average molecular weight is 526 g/mol. The van der Waals surface area contributed by atoms with Gasteiger partial charge in [0.2, 0.25) is 15.9 Å². The van der Waals surface area contributed by atoms with Crippen LogP contribution in [0, 0.1) is 13.8 Å². The first-order chi connectivity index (χ1) is 15.5. The Bertz CT molecular complexity index is 1280. The molecule has 0 aliphatic rings. The summed E-state index contributed by atoms with van der Waals surface area (Å²) in [5, 5.41) is 1.15. The molecule has 0 heterocycles. The third-order valence-corrected chi connectivity index (χ3v) is 8.02. The Morgan fingerprint density at radius 1 is 0.848 bits per heavy atom. The molecule has 0 atom stereocenters. The van der Waals surface area contributed by atoms with E-state index in [1.165, 1.54) is 35.2 Å². The summed E-state index contributed by atoms with van der Waals surface area (Å²) in [6.45, 7) is 3.45. The zero-order chi connectivity index (χ0) is 24.3. The standard InChI is InChI=1S/C24H23Cl3N2O3S/c1-16-4-9-21(12-17(16)2)28(3)24(30)15-29(14-18-5-6-20(26)13-23(18)27)33(31,32)22-10-7-19(25)8-11-22/h4-13H,14-15H2,1-3H3. The smallest absolute Gasteiger partial charge is 0.243 e. The number of anilines is 1. The van der Waals surface area contributed by atoms with E-state index < -0.39 is 10.0 Å². The van der Waals surface area contributed by atoms with Crippen molar-refractivity contribution in [2.24, 2.45) is 0 Å². The Labute approximate surface area is 209 Å². The molecule has 0 unspecified atom stereocenters. The third kappa shape index (κ3) is 6.08. The Morgan fingerprint density at radius 3 is 2.09 bits per heavy atom. The number of likely N-dealkylation sites (N-methyl/N-ethyl adjacent to an activating group) is 1. The van der Waals surface area contributed by atoms with Crippen molar-refractivity contribution in [3.63, 3.8) is 0 Å². The van der Waals surface area contributed by atoms with Gasteiger partial charge in [0.25, 0.3) is 0 Å². The van der Waals surface area contributed by atoms with Crippen LogP contribution in [0.5, 0.6) is 0 Å². The van der Waals surface area contributed by atoms with Crippen molar-refractivity contribution in [3.05, 3.63) is 92.4 Å². The first-order valence-electron chi connectivity index (χ1n) is 10.0. The predicted octanol–water partition coefficient (Wildman–Crippen LogP) is 6.12. The highest BCUT2D eigenvalue weighted by molar-refractivity contribution is 7.89. The van der Waals surface area contributed by atoms with Crippen molar-refractivity contribution < 1.29 is 13.2 Å². The molecule has 0 radical (unpaired) electrons. The third-order valence-electron chi connectivity index (χ3n) is 5.38. The highest BCUT2D eigenvalue weighted by atomic mass is 35.5. The summed E-state index contributed by atoms with van der Waals surface area (Å²) in [5.41, 5.74) is 3.34. The van der Waals surface area contributed by atoms with Gasteiger partial charge in [-0.3, -0.25) is 4.79 Å². The first kappa shape index (κ1) is 25.5. The molecule has 0 spiro atoms. The van der Waals surface area contributed by atoms with Crippen molar-refractivity contribution in [2.75, 3.05) is 18.5 Å². The van der Waals surface area contributed by atoms with E-state index >= 15 is 0 Å². The number of hydrogen-bond acceptors (Lipinski definition) is 3. The van der Waals surface area contributed by atoms with E-state index in [0.29, 0.717) is 26.3 Å². The van der Waals surface area contributed by atoms with Gasteiger partial charge in [-0.1, -0.05) is 46.9 Å². The van der Waals surface area contributed by atoms with Gasteiger partial charge in [0.1, 0.15) is 0 Å². The molecule has 3 aromatic rings. The zero-order valence-electron chi connectivity index (χ0n) is 18.3. The molecule has 0 aliphatic carbocycles. The number of nitrogens with zero attached hydrogens (tertiary/aromatic N) is 2. The van der Waals surface area contributed by atoms with E-state index in [0.717, 1.165) is 15.4 Å². The van der Waals surface area contributed by atoms with Crippen LogP contribution in [-0.4, -0.2) is 32.2 Å². The summed E-state index contributed by atoms with van der Waals surface area (Å²) in [4.78, 5) is 14.6. The monoisotopic (exact) mass is 524 g/mol. The molecular weight excluding hydrogens is 503 g/mol. The molecule has 0 aliphatic heterocycles. The molecule has 3 rings (SSSR count). The molecule has 0 saturated heterocycles. The molecule has 9 heteroatoms. The number of amides is 1. The van der Waals surface area contributed by atoms with Crippen LogP contribution >= 0.6 is 34.8 Å². The van der Waals surface area contributed by atoms with Crippen molar-refractivity contribution >= 4 is 56.4 Å². The topological polar surface area (TPSA) is 57.7 Å². The number of benzene rings is 3. The summed E-state index contributed by atoms with van der Waals surface area (Å²) < 4.78 is 28.0. The fourth-order valence-corrected chi connectivity index (χ4v) is 5.12. The van der Waals surface area contributed by atoms with Gasteiger partial charge >= 0.3 is 0 Å². The van der Waals surface area contributed by atoms with Gasteiger partial charge in [-0.15, -0.1) is 0 Å². The highest BCUT2D eigenvalue weighted by Gasteiger charge is 2.29. The van der Waals surface area contributed by atoms with E-state index in [9.17, 15) is 13.2 Å². The van der Waals surface area contributed by atoms with Crippen molar-refractivity contribution in [1.82, 2.24) is 4.31 Å². The fourth-order valence-electron chi connectivity index (χ4n) is 3.16. The quantitative estimate of drug-likeness (QED) is 0.373. The molecular formula is C24H23Cl3N2O3S. The predicted molar refractivity (Wildman–Crippen MR) is 135 cm³/mol. The van der Waals surface area contributed by atoms with Crippen molar-refractivity contribution in [3.8, 4) is 0 Å². The lowest BCUT2D eigenvalue weighted by Crippen LogP contribution is -2.41. The van der Waals surface area contributed by atoms with Gasteiger partial charge in [-0.25, -0.2) is 8.42 Å². The summed E-state index contributed by atoms with van der Waals surface area (Å²) in [5.74, 6) is -0.388. The van der Waals surface area contributed by atoms with Crippen LogP contribution in [0.25, 0.3) is 0 Å². The maximum Gasteiger partial charge on any atom is 0.243 e. The summed E-state index contributed by atoms with van der Waals surface area (Å²) in [6.07, 6.45) is 0. The lowest BCUT2D eigenvalue weighted by molar-refractivity contribution is -0.118. The van der Waals surface area contributed by atoms with Crippen LogP contribution in [0.1, 0.15) is 16.7 Å². The molecule has 0 saturated carbocycles. The van der Waals surface area contributed by atoms with E-state index in [4.69, 9.17) is 34.8 Å². The van der Waals surface area contributed by atoms with Crippen LogP contribution in [0.3, 0.4) is 0 Å². The number of sulfonamides is 1. The molecule has 1 amide bonds. The van der Waals surface area contributed by atoms with E-state index in [1.54, 1.807) is 19.2 Å². The molecule has 5 nitrogen and oxygen atoms in total. The molecule has 174 valence electrons. The van der Waals surface area contributed by atoms with Gasteiger partial charge in [0, 0.05) is 34.3 Å². The number of carbonyl (C=O) groups excluding carboxylic acids is 1. The van der Waals surface area contributed by atoms with E-state index in [2.05, 4.69) is 0 Å². The second-order valence-electron chi connectivity index (χ2n) is 7.68. The van der Waals surface area contributed by atoms with Gasteiger partial charge in [-0.2, -0.15) is 4.31 Å².